The van der Waals surface area contributed by atoms with Crippen molar-refractivity contribution in [3.8, 4) is 11.1 Å². The van der Waals surface area contributed by atoms with Crippen molar-refractivity contribution in [3.63, 3.8) is 0 Å². The van der Waals surface area contributed by atoms with Gasteiger partial charge >= 0.3 is 0 Å². The molecule has 32 heavy (non-hydrogen) atoms. The summed E-state index contributed by atoms with van der Waals surface area (Å²) in [6, 6.07) is 12.3. The van der Waals surface area contributed by atoms with Gasteiger partial charge in [0.2, 0.25) is 0 Å². The van der Waals surface area contributed by atoms with Crippen LogP contribution in [0.25, 0.3) is 22.8 Å². The van der Waals surface area contributed by atoms with Crippen LogP contribution in [0.1, 0.15) is 46.8 Å². The maximum Gasteiger partial charge on any atom is 0.256 e. The van der Waals surface area contributed by atoms with E-state index in [1.54, 1.807) is 6.07 Å². The van der Waals surface area contributed by atoms with E-state index in [0.29, 0.717) is 11.5 Å². The molecule has 5 rings (SSSR count). The van der Waals surface area contributed by atoms with Gasteiger partial charge in [0.05, 0.1) is 5.57 Å². The highest BCUT2D eigenvalue weighted by Crippen LogP contribution is 2.41. The van der Waals surface area contributed by atoms with Gasteiger partial charge in [-0.2, -0.15) is 0 Å². The van der Waals surface area contributed by atoms with Crippen molar-refractivity contribution in [1.82, 2.24) is 9.88 Å². The van der Waals surface area contributed by atoms with Crippen LogP contribution >= 0.6 is 0 Å². The number of likely N-dealkylation sites (tertiary alicyclic amines) is 1. The van der Waals surface area contributed by atoms with Crippen molar-refractivity contribution in [2.24, 2.45) is 0 Å². The van der Waals surface area contributed by atoms with Crippen molar-refractivity contribution < 1.29 is 9.18 Å². The van der Waals surface area contributed by atoms with Gasteiger partial charge in [0.1, 0.15) is 5.82 Å². The van der Waals surface area contributed by atoms with Gasteiger partial charge in [0.25, 0.3) is 5.91 Å². The number of fused-ring (bicyclic) bond motifs is 1. The predicted molar refractivity (Wildman–Crippen MR) is 128 cm³/mol. The van der Waals surface area contributed by atoms with Crippen LogP contribution < -0.4 is 5.32 Å². The first-order valence-corrected chi connectivity index (χ1v) is 11.2. The fourth-order valence-corrected chi connectivity index (χ4v) is 5.27. The smallest absolute Gasteiger partial charge is 0.256 e. The fraction of sp³-hybridized carbons (Fsp3) is 0.296. The minimum Gasteiger partial charge on any atom is -0.359 e. The topological polar surface area (TPSA) is 48.1 Å². The molecule has 3 aromatic rings. The summed E-state index contributed by atoms with van der Waals surface area (Å²) in [5, 5.41) is 2.98. The van der Waals surface area contributed by atoms with Gasteiger partial charge in [-0.05, 0) is 99.3 Å². The fourth-order valence-electron chi connectivity index (χ4n) is 5.27. The summed E-state index contributed by atoms with van der Waals surface area (Å²) in [5.74, 6) is 0.125. The lowest BCUT2D eigenvalue weighted by molar-refractivity contribution is -0.110. The zero-order chi connectivity index (χ0) is 22.4. The molecule has 2 N–H and O–H groups in total. The van der Waals surface area contributed by atoms with E-state index in [0.717, 1.165) is 54.0 Å². The number of nitrogens with one attached hydrogen (secondary N) is 2. The van der Waals surface area contributed by atoms with E-state index >= 15 is 0 Å². The molecule has 2 aliphatic heterocycles. The number of aromatic nitrogens is 1. The van der Waals surface area contributed by atoms with Gasteiger partial charge in [-0.25, -0.2) is 4.39 Å². The van der Waals surface area contributed by atoms with Crippen molar-refractivity contribution in [2.75, 3.05) is 25.5 Å². The number of halogens is 1. The number of carbonyl (C=O) groups excluding carboxylic acids is 1. The van der Waals surface area contributed by atoms with Crippen LogP contribution in [0.5, 0.6) is 0 Å². The lowest BCUT2D eigenvalue weighted by atomic mass is 9.87. The number of benzene rings is 2. The molecule has 164 valence electrons. The monoisotopic (exact) mass is 429 g/mol. The summed E-state index contributed by atoms with van der Waals surface area (Å²) in [6.45, 7) is 6.50. The second-order valence-corrected chi connectivity index (χ2v) is 9.03. The molecule has 1 aromatic heterocycles. The Kier molecular flexibility index (Phi) is 5.22. The molecular formula is C27H28FN3O. The van der Waals surface area contributed by atoms with E-state index in [9.17, 15) is 9.18 Å². The Labute approximate surface area is 188 Å². The van der Waals surface area contributed by atoms with Gasteiger partial charge < -0.3 is 15.2 Å². The molecule has 0 radical (unpaired) electrons. The molecule has 0 saturated carbocycles. The average Bonchev–Trinajstić information content (AvgIpc) is 3.24. The van der Waals surface area contributed by atoms with Crippen LogP contribution in [-0.4, -0.2) is 35.9 Å². The number of hydrogen-bond acceptors (Lipinski definition) is 2. The van der Waals surface area contributed by atoms with E-state index < -0.39 is 0 Å². The molecule has 0 unspecified atom stereocenters. The molecule has 1 saturated heterocycles. The number of aryl methyl sites for hydroxylation is 1. The maximum absolute atomic E-state index is 13.9. The number of nitrogens with zero attached hydrogens (tertiary/aromatic N) is 1. The summed E-state index contributed by atoms with van der Waals surface area (Å²) >= 11 is 0. The largest absolute Gasteiger partial charge is 0.359 e. The minimum atomic E-state index is -0.290. The Balaban J connectivity index is 1.59. The Bertz CT molecular complexity index is 1230. The summed E-state index contributed by atoms with van der Waals surface area (Å²) in [4.78, 5) is 18.9. The highest BCUT2D eigenvalue weighted by Gasteiger charge is 2.29. The normalized spacial score (nSPS) is 18.2. The number of carbonyl (C=O) groups is 1. The number of hydrogen-bond donors (Lipinski definition) is 2. The van der Waals surface area contributed by atoms with Crippen LogP contribution in [0.15, 0.2) is 42.5 Å². The Morgan fingerprint density at radius 2 is 1.84 bits per heavy atom. The average molecular weight is 430 g/mol. The number of H-pyrrole nitrogens is 1. The molecule has 4 nitrogen and oxygen atoms in total. The van der Waals surface area contributed by atoms with Crippen molar-refractivity contribution in [1.29, 1.82) is 0 Å². The quantitative estimate of drug-likeness (QED) is 0.522. The van der Waals surface area contributed by atoms with E-state index in [4.69, 9.17) is 0 Å². The van der Waals surface area contributed by atoms with Gasteiger partial charge in [0.15, 0.2) is 0 Å². The summed E-state index contributed by atoms with van der Waals surface area (Å²) in [7, 11) is 2.18. The molecule has 0 spiro atoms. The van der Waals surface area contributed by atoms with Gasteiger partial charge in [0, 0.05) is 22.6 Å². The standard InChI is InChI=1S/C27H28FN3O/c1-16-24(29-17(2)25(16)18-10-12-31(3)13-11-18)15-22-26-21(19-6-4-7-20(28)14-19)8-5-9-23(26)30-27(22)32/h4-9,14-15,18,29H,10-13H2,1-3H3,(H,30,32). The number of rotatable bonds is 3. The summed E-state index contributed by atoms with van der Waals surface area (Å²) in [6.07, 6.45) is 4.27. The predicted octanol–water partition coefficient (Wildman–Crippen LogP) is 5.74. The van der Waals surface area contributed by atoms with Crippen LogP contribution in [0, 0.1) is 19.7 Å². The lowest BCUT2D eigenvalue weighted by Gasteiger charge is -2.29. The van der Waals surface area contributed by atoms with E-state index in [2.05, 4.69) is 36.1 Å². The number of piperidine rings is 1. The van der Waals surface area contributed by atoms with E-state index in [-0.39, 0.29) is 11.7 Å². The minimum absolute atomic E-state index is 0.128. The Hall–Kier alpha value is -3.18. The second kappa shape index (κ2) is 8.06. The van der Waals surface area contributed by atoms with Crippen molar-refractivity contribution >= 4 is 23.2 Å². The number of aromatic amines is 1. The Morgan fingerprint density at radius 3 is 2.59 bits per heavy atom. The van der Waals surface area contributed by atoms with Gasteiger partial charge in [-0.3, -0.25) is 4.79 Å². The SMILES string of the molecule is Cc1[nH]c(C=C2C(=O)Nc3cccc(-c4cccc(F)c4)c32)c(C)c1C1CCN(C)CC1. The molecule has 3 heterocycles. The molecule has 0 atom stereocenters. The maximum atomic E-state index is 13.9. The first-order chi connectivity index (χ1) is 15.4. The van der Waals surface area contributed by atoms with Crippen LogP contribution in [0.4, 0.5) is 10.1 Å². The number of anilines is 1. The third-order valence-corrected chi connectivity index (χ3v) is 6.91. The Morgan fingerprint density at radius 1 is 1.09 bits per heavy atom. The third kappa shape index (κ3) is 3.56. The first kappa shape index (κ1) is 20.7. The van der Waals surface area contributed by atoms with Crippen LogP contribution in [0.2, 0.25) is 0 Å². The molecule has 2 aromatic carbocycles. The van der Waals surface area contributed by atoms with Crippen LogP contribution in [0.3, 0.4) is 0 Å². The molecule has 1 fully saturated rings. The lowest BCUT2D eigenvalue weighted by Crippen LogP contribution is -2.29. The third-order valence-electron chi connectivity index (χ3n) is 6.91. The van der Waals surface area contributed by atoms with E-state index in [1.165, 1.54) is 29.0 Å². The molecule has 2 aliphatic rings. The molecule has 5 heteroatoms. The van der Waals surface area contributed by atoms with Gasteiger partial charge in [-0.15, -0.1) is 0 Å². The molecule has 0 aliphatic carbocycles. The zero-order valence-electron chi connectivity index (χ0n) is 18.8. The molecular weight excluding hydrogens is 401 g/mol. The molecule has 1 amide bonds. The second-order valence-electron chi connectivity index (χ2n) is 9.03. The summed E-state index contributed by atoms with van der Waals surface area (Å²) < 4.78 is 13.9. The molecule has 0 bridgehead atoms. The van der Waals surface area contributed by atoms with Crippen molar-refractivity contribution in [2.45, 2.75) is 32.6 Å². The first-order valence-electron chi connectivity index (χ1n) is 11.2. The highest BCUT2D eigenvalue weighted by atomic mass is 19.1. The highest BCUT2D eigenvalue weighted by molar-refractivity contribution is 6.36. The van der Waals surface area contributed by atoms with E-state index in [1.807, 2.05) is 30.3 Å². The van der Waals surface area contributed by atoms with Crippen LogP contribution in [-0.2, 0) is 4.79 Å². The van der Waals surface area contributed by atoms with Gasteiger partial charge in [-0.1, -0.05) is 24.3 Å². The summed E-state index contributed by atoms with van der Waals surface area (Å²) in [5.41, 5.74) is 8.58. The zero-order valence-corrected chi connectivity index (χ0v) is 18.8. The van der Waals surface area contributed by atoms with Crippen molar-refractivity contribution in [3.05, 3.63) is 76.4 Å². The number of amides is 1.